The number of carbonyl (C=O) groups excluding carboxylic acids is 1. The number of aromatic nitrogens is 1. The van der Waals surface area contributed by atoms with Gasteiger partial charge in [-0.15, -0.1) is 0 Å². The number of nitrogens with zero attached hydrogens (tertiary/aromatic N) is 2. The van der Waals surface area contributed by atoms with Crippen molar-refractivity contribution in [2.45, 2.75) is 19.8 Å². The maximum absolute atomic E-state index is 12.3. The largest absolute Gasteiger partial charge is 0.347 e. The van der Waals surface area contributed by atoms with Crippen LogP contribution in [-0.4, -0.2) is 34.9 Å². The lowest BCUT2D eigenvalue weighted by Crippen LogP contribution is -2.57. The summed E-state index contributed by atoms with van der Waals surface area (Å²) in [5.41, 5.74) is 0.179. The lowest BCUT2D eigenvalue weighted by atomic mass is 9.79. The van der Waals surface area contributed by atoms with Crippen molar-refractivity contribution in [2.24, 2.45) is 12.5 Å². The van der Waals surface area contributed by atoms with Gasteiger partial charge in [0.25, 0.3) is 5.91 Å². The molecule has 0 N–H and O–H groups in total. The third-order valence-corrected chi connectivity index (χ3v) is 3.24. The van der Waals surface area contributed by atoms with Crippen LogP contribution in [0.5, 0.6) is 0 Å². The summed E-state index contributed by atoms with van der Waals surface area (Å²) in [5.74, 6) is -0.0794. The van der Waals surface area contributed by atoms with E-state index in [2.05, 4.69) is 0 Å². The summed E-state index contributed by atoms with van der Waals surface area (Å²) in [6.45, 7) is 2.64. The Labute approximate surface area is 99.0 Å². The Bertz CT molecular complexity index is 422. The molecule has 1 aliphatic heterocycles. The predicted octanol–water partition coefficient (Wildman–Crippen LogP) is 2.14. The zero-order chi connectivity index (χ0) is 12.6. The van der Waals surface area contributed by atoms with Gasteiger partial charge in [-0.25, -0.2) is 8.78 Å². The number of carbonyl (C=O) groups is 1. The number of halogens is 2. The molecule has 17 heavy (non-hydrogen) atoms. The van der Waals surface area contributed by atoms with E-state index < -0.39 is 11.8 Å². The standard InChI is InChI=1S/C12H16F2N2O/c1-12(6-10(13)14)7-16(8-12)11(17)9-4-3-5-15(9)2/h3-5,10H,6-8H2,1-2H3. The molecule has 1 aliphatic rings. The van der Waals surface area contributed by atoms with E-state index in [9.17, 15) is 13.6 Å². The number of likely N-dealkylation sites (tertiary alicyclic amines) is 1. The molecule has 0 atom stereocenters. The zero-order valence-corrected chi connectivity index (χ0v) is 9.99. The monoisotopic (exact) mass is 242 g/mol. The van der Waals surface area contributed by atoms with Crippen LogP contribution in [0.15, 0.2) is 18.3 Å². The first-order valence-electron chi connectivity index (χ1n) is 5.60. The minimum Gasteiger partial charge on any atom is -0.347 e. The van der Waals surface area contributed by atoms with E-state index in [0.717, 1.165) is 0 Å². The summed E-state index contributed by atoms with van der Waals surface area (Å²) in [4.78, 5) is 13.6. The van der Waals surface area contributed by atoms with E-state index in [1.54, 1.807) is 41.8 Å². The van der Waals surface area contributed by atoms with Gasteiger partial charge in [0.05, 0.1) is 0 Å². The molecule has 0 bridgehead atoms. The molecule has 2 rings (SSSR count). The Hall–Kier alpha value is -1.39. The van der Waals surface area contributed by atoms with Crippen molar-refractivity contribution in [3.8, 4) is 0 Å². The van der Waals surface area contributed by atoms with Crippen molar-refractivity contribution in [1.29, 1.82) is 0 Å². The molecule has 3 nitrogen and oxygen atoms in total. The summed E-state index contributed by atoms with van der Waals surface area (Å²) in [5, 5.41) is 0. The molecule has 2 heterocycles. The Morgan fingerprint density at radius 2 is 2.18 bits per heavy atom. The van der Waals surface area contributed by atoms with Crippen LogP contribution in [-0.2, 0) is 7.05 Å². The quantitative estimate of drug-likeness (QED) is 0.797. The van der Waals surface area contributed by atoms with Crippen molar-refractivity contribution in [1.82, 2.24) is 9.47 Å². The fourth-order valence-electron chi connectivity index (χ4n) is 2.37. The molecule has 0 unspecified atom stereocenters. The molecule has 0 spiro atoms. The topological polar surface area (TPSA) is 25.2 Å². The summed E-state index contributed by atoms with van der Waals surface area (Å²) < 4.78 is 26.4. The number of hydrogen-bond donors (Lipinski definition) is 0. The average molecular weight is 242 g/mol. The highest BCUT2D eigenvalue weighted by Gasteiger charge is 2.43. The van der Waals surface area contributed by atoms with Crippen LogP contribution in [0.1, 0.15) is 23.8 Å². The van der Waals surface area contributed by atoms with Crippen molar-refractivity contribution in [3.05, 3.63) is 24.0 Å². The normalized spacial score (nSPS) is 18.3. The third-order valence-electron chi connectivity index (χ3n) is 3.24. The van der Waals surface area contributed by atoms with Gasteiger partial charge in [-0.2, -0.15) is 0 Å². The summed E-state index contributed by atoms with van der Waals surface area (Å²) in [6.07, 6.45) is -0.637. The summed E-state index contributed by atoms with van der Waals surface area (Å²) in [6, 6.07) is 3.54. The Kier molecular flexibility index (Phi) is 2.93. The molecule has 0 radical (unpaired) electrons. The van der Waals surface area contributed by atoms with E-state index in [1.807, 2.05) is 0 Å². The first kappa shape index (κ1) is 12.1. The zero-order valence-electron chi connectivity index (χ0n) is 9.99. The van der Waals surface area contributed by atoms with Gasteiger partial charge in [-0.05, 0) is 12.1 Å². The number of hydrogen-bond acceptors (Lipinski definition) is 1. The van der Waals surface area contributed by atoms with Crippen LogP contribution >= 0.6 is 0 Å². The molecule has 0 aromatic carbocycles. The Morgan fingerprint density at radius 1 is 1.53 bits per heavy atom. The van der Waals surface area contributed by atoms with E-state index in [4.69, 9.17) is 0 Å². The second-order valence-electron chi connectivity index (χ2n) is 5.07. The van der Waals surface area contributed by atoms with E-state index in [-0.39, 0.29) is 12.3 Å². The van der Waals surface area contributed by atoms with Crippen molar-refractivity contribution in [3.63, 3.8) is 0 Å². The van der Waals surface area contributed by atoms with Crippen molar-refractivity contribution in [2.75, 3.05) is 13.1 Å². The number of aryl methyl sites for hydroxylation is 1. The molecule has 5 heteroatoms. The molecular formula is C12H16F2N2O. The van der Waals surface area contributed by atoms with Gasteiger partial charge in [0, 0.05) is 38.2 Å². The molecule has 1 aromatic heterocycles. The first-order valence-corrected chi connectivity index (χ1v) is 5.60. The Morgan fingerprint density at radius 3 is 2.65 bits per heavy atom. The van der Waals surface area contributed by atoms with Crippen molar-refractivity contribution >= 4 is 5.91 Å². The minimum atomic E-state index is -2.30. The fraction of sp³-hybridized carbons (Fsp3) is 0.583. The molecule has 0 aliphatic carbocycles. The number of amides is 1. The highest BCUT2D eigenvalue weighted by molar-refractivity contribution is 5.93. The van der Waals surface area contributed by atoms with Crippen LogP contribution in [0.25, 0.3) is 0 Å². The first-order chi connectivity index (χ1) is 7.91. The molecule has 1 amide bonds. The third kappa shape index (κ3) is 2.33. The van der Waals surface area contributed by atoms with E-state index in [0.29, 0.717) is 18.8 Å². The number of rotatable bonds is 3. The summed E-state index contributed by atoms with van der Waals surface area (Å²) >= 11 is 0. The Balaban J connectivity index is 1.96. The smallest absolute Gasteiger partial charge is 0.270 e. The second-order valence-corrected chi connectivity index (χ2v) is 5.07. The van der Waals surface area contributed by atoms with Gasteiger partial charge in [0.2, 0.25) is 6.43 Å². The van der Waals surface area contributed by atoms with Gasteiger partial charge in [0.1, 0.15) is 5.69 Å². The lowest BCUT2D eigenvalue weighted by Gasteiger charge is -2.48. The summed E-state index contributed by atoms with van der Waals surface area (Å²) in [7, 11) is 1.80. The van der Waals surface area contributed by atoms with Gasteiger partial charge >= 0.3 is 0 Å². The van der Waals surface area contributed by atoms with Gasteiger partial charge in [0.15, 0.2) is 0 Å². The van der Waals surface area contributed by atoms with Crippen LogP contribution in [0.3, 0.4) is 0 Å². The second kappa shape index (κ2) is 4.13. The van der Waals surface area contributed by atoms with Gasteiger partial charge < -0.3 is 9.47 Å². The van der Waals surface area contributed by atoms with Crippen LogP contribution in [0.4, 0.5) is 8.78 Å². The molecular weight excluding hydrogens is 226 g/mol. The molecule has 0 saturated carbocycles. The lowest BCUT2D eigenvalue weighted by molar-refractivity contribution is -0.0224. The molecule has 94 valence electrons. The van der Waals surface area contributed by atoms with E-state index >= 15 is 0 Å². The molecule has 1 saturated heterocycles. The average Bonchev–Trinajstić information content (AvgIpc) is 2.58. The van der Waals surface area contributed by atoms with Crippen LogP contribution < -0.4 is 0 Å². The maximum atomic E-state index is 12.3. The fourth-order valence-corrected chi connectivity index (χ4v) is 2.37. The molecule has 1 fully saturated rings. The molecule has 1 aromatic rings. The predicted molar refractivity (Wildman–Crippen MR) is 60.0 cm³/mol. The van der Waals surface area contributed by atoms with Crippen LogP contribution in [0.2, 0.25) is 0 Å². The number of alkyl halides is 2. The maximum Gasteiger partial charge on any atom is 0.270 e. The minimum absolute atomic E-state index is 0.0794. The highest BCUT2D eigenvalue weighted by atomic mass is 19.3. The van der Waals surface area contributed by atoms with Crippen LogP contribution in [0, 0.1) is 5.41 Å². The SMILES string of the molecule is Cn1cccc1C(=O)N1CC(C)(CC(F)F)C1. The van der Waals surface area contributed by atoms with Gasteiger partial charge in [-0.3, -0.25) is 4.79 Å². The van der Waals surface area contributed by atoms with Crippen molar-refractivity contribution < 1.29 is 13.6 Å². The van der Waals surface area contributed by atoms with Gasteiger partial charge in [-0.1, -0.05) is 6.92 Å². The highest BCUT2D eigenvalue weighted by Crippen LogP contribution is 2.36. The van der Waals surface area contributed by atoms with E-state index in [1.165, 1.54) is 0 Å².